The Morgan fingerprint density at radius 1 is 1.14 bits per heavy atom. The molecule has 21 heavy (non-hydrogen) atoms. The summed E-state index contributed by atoms with van der Waals surface area (Å²) in [5, 5.41) is 16.2. The zero-order valence-corrected chi connectivity index (χ0v) is 12.2. The maximum atomic E-state index is 11.7. The van der Waals surface area contributed by atoms with Crippen LogP contribution in [0.2, 0.25) is 0 Å². The Morgan fingerprint density at radius 2 is 1.90 bits per heavy atom. The van der Waals surface area contributed by atoms with Crippen LogP contribution in [0, 0.1) is 0 Å². The van der Waals surface area contributed by atoms with Crippen molar-refractivity contribution in [3.8, 4) is 0 Å². The molecule has 1 aromatic carbocycles. The summed E-state index contributed by atoms with van der Waals surface area (Å²) in [5.74, 6) is -1.02. The van der Waals surface area contributed by atoms with E-state index in [9.17, 15) is 9.59 Å². The molecule has 0 aliphatic heterocycles. The zero-order chi connectivity index (χ0) is 15.1. The van der Waals surface area contributed by atoms with E-state index in [1.54, 1.807) is 11.4 Å². The van der Waals surface area contributed by atoms with Gasteiger partial charge in [-0.15, -0.1) is 11.3 Å². The van der Waals surface area contributed by atoms with Gasteiger partial charge in [-0.05, 0) is 11.6 Å². The minimum absolute atomic E-state index is 0.0890. The molecular weight excluding hydrogens is 288 g/mol. The van der Waals surface area contributed by atoms with Crippen LogP contribution in [0.4, 0.5) is 0 Å². The Balaban J connectivity index is 1.68. The molecule has 2 rings (SSSR count). The number of amides is 1. The highest BCUT2D eigenvalue weighted by molar-refractivity contribution is 7.10. The molecule has 0 saturated carbocycles. The molecule has 0 radical (unpaired) electrons. The topological polar surface area (TPSA) is 78.4 Å². The average Bonchev–Trinajstić information content (AvgIpc) is 2.95. The molecule has 1 aromatic heterocycles. The van der Waals surface area contributed by atoms with Crippen LogP contribution in [0.1, 0.15) is 20.8 Å². The average molecular weight is 304 g/mol. The van der Waals surface area contributed by atoms with Crippen molar-refractivity contribution in [2.45, 2.75) is 13.1 Å². The van der Waals surface area contributed by atoms with E-state index in [2.05, 4.69) is 10.6 Å². The van der Waals surface area contributed by atoms with E-state index in [1.807, 2.05) is 30.3 Å². The Bertz CT molecular complexity index is 610. The fourth-order valence-corrected chi connectivity index (χ4v) is 2.57. The smallest absolute Gasteiger partial charge is 0.336 e. The molecule has 1 amide bonds. The van der Waals surface area contributed by atoms with Gasteiger partial charge in [0.2, 0.25) is 5.91 Å². The predicted octanol–water partition coefficient (Wildman–Crippen LogP) is 1.85. The molecule has 0 aliphatic carbocycles. The molecule has 5 nitrogen and oxygen atoms in total. The third-order valence-corrected chi connectivity index (χ3v) is 3.75. The zero-order valence-electron chi connectivity index (χ0n) is 11.3. The maximum absolute atomic E-state index is 11.7. The third kappa shape index (κ3) is 5.02. The third-order valence-electron chi connectivity index (χ3n) is 2.82. The van der Waals surface area contributed by atoms with E-state index < -0.39 is 5.97 Å². The minimum atomic E-state index is -0.932. The summed E-state index contributed by atoms with van der Waals surface area (Å²) in [7, 11) is 0. The van der Waals surface area contributed by atoms with Gasteiger partial charge in [-0.3, -0.25) is 4.79 Å². The normalized spacial score (nSPS) is 10.3. The number of rotatable bonds is 7. The van der Waals surface area contributed by atoms with Crippen molar-refractivity contribution in [2.75, 3.05) is 6.54 Å². The first-order chi connectivity index (χ1) is 10.1. The second-order valence-corrected chi connectivity index (χ2v) is 5.47. The van der Waals surface area contributed by atoms with Crippen LogP contribution in [0.15, 0.2) is 41.8 Å². The van der Waals surface area contributed by atoms with Gasteiger partial charge >= 0.3 is 5.97 Å². The van der Waals surface area contributed by atoms with Gasteiger partial charge in [0.05, 0.1) is 12.1 Å². The van der Waals surface area contributed by atoms with Crippen LogP contribution in [0.3, 0.4) is 0 Å². The van der Waals surface area contributed by atoms with E-state index in [4.69, 9.17) is 5.11 Å². The molecule has 0 atom stereocenters. The molecule has 3 N–H and O–H groups in total. The van der Waals surface area contributed by atoms with Gasteiger partial charge in [0, 0.05) is 23.3 Å². The Morgan fingerprint density at radius 3 is 2.57 bits per heavy atom. The number of carboxylic acid groups (broad SMARTS) is 1. The minimum Gasteiger partial charge on any atom is -0.478 e. The molecule has 1 heterocycles. The monoisotopic (exact) mass is 304 g/mol. The number of carbonyl (C=O) groups is 2. The van der Waals surface area contributed by atoms with Crippen LogP contribution in [0.25, 0.3) is 0 Å². The molecular formula is C15H16N2O3S. The summed E-state index contributed by atoms with van der Waals surface area (Å²) >= 11 is 1.36. The SMILES string of the molecule is O=C(CNCc1cc(C(=O)O)cs1)NCc1ccccc1. The molecule has 6 heteroatoms. The second-order valence-electron chi connectivity index (χ2n) is 4.47. The summed E-state index contributed by atoms with van der Waals surface area (Å²) in [6.45, 7) is 1.19. The van der Waals surface area contributed by atoms with E-state index >= 15 is 0 Å². The standard InChI is InChI=1S/C15H16N2O3S/c18-14(17-7-11-4-2-1-3-5-11)9-16-8-13-6-12(10-21-13)15(19)20/h1-6,10,16H,7-9H2,(H,17,18)(H,19,20). The van der Waals surface area contributed by atoms with Crippen LogP contribution in [-0.2, 0) is 17.9 Å². The quantitative estimate of drug-likeness (QED) is 0.729. The van der Waals surface area contributed by atoms with E-state index in [1.165, 1.54) is 11.3 Å². The number of carbonyl (C=O) groups excluding carboxylic acids is 1. The molecule has 0 fully saturated rings. The number of thiophene rings is 1. The van der Waals surface area contributed by atoms with Crippen LogP contribution < -0.4 is 10.6 Å². The summed E-state index contributed by atoms with van der Waals surface area (Å²) in [6.07, 6.45) is 0. The van der Waals surface area contributed by atoms with Crippen molar-refractivity contribution in [3.05, 3.63) is 57.8 Å². The predicted molar refractivity (Wildman–Crippen MR) is 81.3 cm³/mol. The van der Waals surface area contributed by atoms with Gasteiger partial charge in [-0.25, -0.2) is 4.79 Å². The van der Waals surface area contributed by atoms with Crippen molar-refractivity contribution in [1.29, 1.82) is 0 Å². The highest BCUT2D eigenvalue weighted by Crippen LogP contribution is 2.14. The Hall–Kier alpha value is -2.18. The highest BCUT2D eigenvalue weighted by Gasteiger charge is 2.07. The van der Waals surface area contributed by atoms with Crippen LogP contribution in [-0.4, -0.2) is 23.5 Å². The van der Waals surface area contributed by atoms with Crippen molar-refractivity contribution < 1.29 is 14.7 Å². The summed E-state index contributed by atoms with van der Waals surface area (Å²) < 4.78 is 0. The molecule has 0 unspecified atom stereocenters. The first-order valence-corrected chi connectivity index (χ1v) is 7.35. The first kappa shape index (κ1) is 15.2. The Kier molecular flexibility index (Phi) is 5.48. The molecule has 0 spiro atoms. The lowest BCUT2D eigenvalue weighted by Crippen LogP contribution is -2.33. The lowest BCUT2D eigenvalue weighted by molar-refractivity contribution is -0.120. The van der Waals surface area contributed by atoms with E-state index in [0.29, 0.717) is 13.1 Å². The molecule has 2 aromatic rings. The van der Waals surface area contributed by atoms with Gasteiger partial charge in [-0.1, -0.05) is 30.3 Å². The lowest BCUT2D eigenvalue weighted by atomic mass is 10.2. The van der Waals surface area contributed by atoms with Gasteiger partial charge in [-0.2, -0.15) is 0 Å². The van der Waals surface area contributed by atoms with Crippen molar-refractivity contribution >= 4 is 23.2 Å². The number of carboxylic acids is 1. The molecule has 0 aliphatic rings. The molecule has 0 saturated heterocycles. The van der Waals surface area contributed by atoms with Crippen LogP contribution >= 0.6 is 11.3 Å². The summed E-state index contributed by atoms with van der Waals surface area (Å²) in [4.78, 5) is 23.3. The molecule has 110 valence electrons. The van der Waals surface area contributed by atoms with Gasteiger partial charge in [0.25, 0.3) is 0 Å². The fraction of sp³-hybridized carbons (Fsp3) is 0.200. The van der Waals surface area contributed by atoms with Gasteiger partial charge in [0.15, 0.2) is 0 Å². The van der Waals surface area contributed by atoms with Crippen molar-refractivity contribution in [1.82, 2.24) is 10.6 Å². The van der Waals surface area contributed by atoms with Gasteiger partial charge in [0.1, 0.15) is 0 Å². The van der Waals surface area contributed by atoms with Crippen LogP contribution in [0.5, 0.6) is 0 Å². The highest BCUT2D eigenvalue weighted by atomic mass is 32.1. The number of benzene rings is 1. The van der Waals surface area contributed by atoms with Gasteiger partial charge < -0.3 is 15.7 Å². The summed E-state index contributed by atoms with van der Waals surface area (Å²) in [6, 6.07) is 11.3. The second kappa shape index (κ2) is 7.56. The Labute approximate surface area is 126 Å². The fourth-order valence-electron chi connectivity index (χ4n) is 1.74. The lowest BCUT2D eigenvalue weighted by Gasteiger charge is -2.06. The molecule has 0 bridgehead atoms. The number of nitrogens with one attached hydrogen (secondary N) is 2. The largest absolute Gasteiger partial charge is 0.478 e. The van der Waals surface area contributed by atoms with Crippen molar-refractivity contribution in [3.63, 3.8) is 0 Å². The maximum Gasteiger partial charge on any atom is 0.336 e. The van der Waals surface area contributed by atoms with Crippen molar-refractivity contribution in [2.24, 2.45) is 0 Å². The number of hydrogen-bond acceptors (Lipinski definition) is 4. The van der Waals surface area contributed by atoms with E-state index in [-0.39, 0.29) is 18.0 Å². The van der Waals surface area contributed by atoms with E-state index in [0.717, 1.165) is 10.4 Å². The summed E-state index contributed by atoms with van der Waals surface area (Å²) in [5.41, 5.74) is 1.33. The number of aromatic carboxylic acids is 1. The number of hydrogen-bond donors (Lipinski definition) is 3. The first-order valence-electron chi connectivity index (χ1n) is 6.47.